The fourth-order valence-electron chi connectivity index (χ4n) is 2.71. The molecule has 150 valence electrons. The smallest absolute Gasteiger partial charge is 0.262 e. The van der Waals surface area contributed by atoms with Crippen LogP contribution in [0, 0.1) is 12.7 Å². The molecule has 3 aromatic rings. The molecule has 0 saturated heterocycles. The van der Waals surface area contributed by atoms with E-state index in [4.69, 9.17) is 0 Å². The van der Waals surface area contributed by atoms with Gasteiger partial charge in [-0.15, -0.1) is 0 Å². The van der Waals surface area contributed by atoms with Crippen LogP contribution in [0.1, 0.15) is 21.6 Å². The van der Waals surface area contributed by atoms with Gasteiger partial charge in [0.05, 0.1) is 10.6 Å². The number of para-hydroxylation sites is 1. The van der Waals surface area contributed by atoms with Crippen molar-refractivity contribution in [2.24, 2.45) is 0 Å². The summed E-state index contributed by atoms with van der Waals surface area (Å²) in [5, 5.41) is 2.77. The van der Waals surface area contributed by atoms with Crippen LogP contribution in [0.5, 0.6) is 0 Å². The Kier molecular flexibility index (Phi) is 6.23. The van der Waals surface area contributed by atoms with Crippen molar-refractivity contribution in [3.8, 4) is 0 Å². The summed E-state index contributed by atoms with van der Waals surface area (Å²) in [6.45, 7) is 2.08. The number of carbonyl (C=O) groups excluding carboxylic acids is 1. The summed E-state index contributed by atoms with van der Waals surface area (Å²) in [5.74, 6) is -1.07. The molecule has 0 aliphatic heterocycles. The number of pyridine rings is 1. The van der Waals surface area contributed by atoms with E-state index in [-0.39, 0.29) is 22.1 Å². The number of hydrogen-bond acceptors (Lipinski definition) is 4. The van der Waals surface area contributed by atoms with Gasteiger partial charge in [0, 0.05) is 30.4 Å². The Hall–Kier alpha value is -3.26. The van der Waals surface area contributed by atoms with Gasteiger partial charge in [-0.05, 0) is 48.9 Å². The van der Waals surface area contributed by atoms with Gasteiger partial charge in [-0.3, -0.25) is 14.5 Å². The standard InChI is InChI=1S/C21H20FN3O3S/c1-15-9-10-17(29(27,28)25-20-8-3-2-7-19(20)22)14-18(15)21(26)24-13-11-16-6-4-5-12-23-16/h2-10,12,14,25H,11,13H2,1H3,(H,24,26). The van der Waals surface area contributed by atoms with Crippen molar-refractivity contribution in [1.82, 2.24) is 10.3 Å². The molecule has 6 nitrogen and oxygen atoms in total. The third-order valence-electron chi connectivity index (χ3n) is 4.27. The highest BCUT2D eigenvalue weighted by Crippen LogP contribution is 2.21. The molecule has 29 heavy (non-hydrogen) atoms. The van der Waals surface area contributed by atoms with Crippen LogP contribution in [0.4, 0.5) is 10.1 Å². The first-order valence-corrected chi connectivity index (χ1v) is 10.4. The van der Waals surface area contributed by atoms with Crippen molar-refractivity contribution in [3.05, 3.63) is 89.5 Å². The molecule has 1 aromatic heterocycles. The molecule has 0 aliphatic rings. The Morgan fingerprint density at radius 3 is 2.55 bits per heavy atom. The van der Waals surface area contributed by atoms with Crippen molar-refractivity contribution in [2.75, 3.05) is 11.3 Å². The van der Waals surface area contributed by atoms with E-state index in [0.29, 0.717) is 18.5 Å². The SMILES string of the molecule is Cc1ccc(S(=O)(=O)Nc2ccccc2F)cc1C(=O)NCCc1ccccn1. The lowest BCUT2D eigenvalue weighted by molar-refractivity contribution is 0.0953. The van der Waals surface area contributed by atoms with Crippen LogP contribution in [0.2, 0.25) is 0 Å². The first-order chi connectivity index (χ1) is 13.9. The second-order valence-electron chi connectivity index (χ2n) is 6.39. The number of aromatic nitrogens is 1. The number of rotatable bonds is 7. The van der Waals surface area contributed by atoms with Crippen LogP contribution in [-0.4, -0.2) is 25.9 Å². The lowest BCUT2D eigenvalue weighted by atomic mass is 10.1. The van der Waals surface area contributed by atoms with Gasteiger partial charge < -0.3 is 5.32 Å². The number of nitrogens with zero attached hydrogens (tertiary/aromatic N) is 1. The highest BCUT2D eigenvalue weighted by Gasteiger charge is 2.19. The average Bonchev–Trinajstić information content (AvgIpc) is 2.70. The molecule has 0 unspecified atom stereocenters. The minimum Gasteiger partial charge on any atom is -0.352 e. The third-order valence-corrected chi connectivity index (χ3v) is 5.64. The zero-order valence-electron chi connectivity index (χ0n) is 15.7. The van der Waals surface area contributed by atoms with E-state index in [1.807, 2.05) is 18.2 Å². The normalized spacial score (nSPS) is 11.1. The first-order valence-electron chi connectivity index (χ1n) is 8.93. The number of anilines is 1. The Morgan fingerprint density at radius 1 is 1.07 bits per heavy atom. The Balaban J connectivity index is 1.74. The first kappa shape index (κ1) is 20.5. The second kappa shape index (κ2) is 8.83. The van der Waals surface area contributed by atoms with Gasteiger partial charge >= 0.3 is 0 Å². The summed E-state index contributed by atoms with van der Waals surface area (Å²) in [6, 6.07) is 15.2. The van der Waals surface area contributed by atoms with Crippen molar-refractivity contribution in [3.63, 3.8) is 0 Å². The Bertz CT molecular complexity index is 1120. The van der Waals surface area contributed by atoms with Crippen molar-refractivity contribution in [2.45, 2.75) is 18.2 Å². The van der Waals surface area contributed by atoms with Crippen molar-refractivity contribution < 1.29 is 17.6 Å². The number of aryl methyl sites for hydroxylation is 1. The summed E-state index contributed by atoms with van der Waals surface area (Å²) in [6.07, 6.45) is 2.23. The van der Waals surface area contributed by atoms with Gasteiger partial charge in [-0.2, -0.15) is 0 Å². The average molecular weight is 413 g/mol. The highest BCUT2D eigenvalue weighted by atomic mass is 32.2. The summed E-state index contributed by atoms with van der Waals surface area (Å²) in [5.41, 5.74) is 1.55. The quantitative estimate of drug-likeness (QED) is 0.622. The molecule has 0 atom stereocenters. The molecule has 0 bridgehead atoms. The fraction of sp³-hybridized carbons (Fsp3) is 0.143. The monoisotopic (exact) mass is 413 g/mol. The Morgan fingerprint density at radius 2 is 1.83 bits per heavy atom. The van der Waals surface area contributed by atoms with Crippen LogP contribution in [-0.2, 0) is 16.4 Å². The van der Waals surface area contributed by atoms with Crippen LogP contribution >= 0.6 is 0 Å². The van der Waals surface area contributed by atoms with E-state index >= 15 is 0 Å². The van der Waals surface area contributed by atoms with E-state index in [0.717, 1.165) is 11.8 Å². The van der Waals surface area contributed by atoms with E-state index in [2.05, 4.69) is 15.0 Å². The molecule has 0 radical (unpaired) electrons. The molecule has 0 aliphatic carbocycles. The van der Waals surface area contributed by atoms with Gasteiger partial charge in [0.15, 0.2) is 0 Å². The zero-order valence-corrected chi connectivity index (χ0v) is 16.5. The number of nitrogens with one attached hydrogen (secondary N) is 2. The topological polar surface area (TPSA) is 88.2 Å². The molecule has 2 aromatic carbocycles. The van der Waals surface area contributed by atoms with Gasteiger partial charge in [0.2, 0.25) is 0 Å². The summed E-state index contributed by atoms with van der Waals surface area (Å²) >= 11 is 0. The van der Waals surface area contributed by atoms with Gasteiger partial charge in [0.25, 0.3) is 15.9 Å². The maximum atomic E-state index is 13.8. The minimum absolute atomic E-state index is 0.124. The predicted octanol–water partition coefficient (Wildman–Crippen LogP) is 3.30. The van der Waals surface area contributed by atoms with E-state index < -0.39 is 15.8 Å². The molecule has 1 heterocycles. The summed E-state index contributed by atoms with van der Waals surface area (Å²) in [4.78, 5) is 16.6. The molecule has 2 N–H and O–H groups in total. The maximum Gasteiger partial charge on any atom is 0.262 e. The summed E-state index contributed by atoms with van der Waals surface area (Å²) < 4.78 is 41.2. The largest absolute Gasteiger partial charge is 0.352 e. The summed E-state index contributed by atoms with van der Waals surface area (Å²) in [7, 11) is -4.05. The second-order valence-corrected chi connectivity index (χ2v) is 8.07. The lowest BCUT2D eigenvalue weighted by Gasteiger charge is -2.12. The lowest BCUT2D eigenvalue weighted by Crippen LogP contribution is -2.27. The minimum atomic E-state index is -4.05. The molecule has 0 saturated carbocycles. The number of carbonyl (C=O) groups is 1. The molecule has 8 heteroatoms. The van der Waals surface area contributed by atoms with E-state index in [1.54, 1.807) is 19.2 Å². The van der Waals surface area contributed by atoms with Crippen molar-refractivity contribution in [1.29, 1.82) is 0 Å². The van der Waals surface area contributed by atoms with Crippen LogP contribution < -0.4 is 10.0 Å². The predicted molar refractivity (Wildman–Crippen MR) is 109 cm³/mol. The number of hydrogen-bond donors (Lipinski definition) is 2. The molecule has 3 rings (SSSR count). The van der Waals surface area contributed by atoms with Crippen molar-refractivity contribution >= 4 is 21.6 Å². The maximum absolute atomic E-state index is 13.8. The van der Waals surface area contributed by atoms with E-state index in [9.17, 15) is 17.6 Å². The number of sulfonamides is 1. The van der Waals surface area contributed by atoms with Crippen LogP contribution in [0.15, 0.2) is 71.8 Å². The highest BCUT2D eigenvalue weighted by molar-refractivity contribution is 7.92. The van der Waals surface area contributed by atoms with Gasteiger partial charge in [0.1, 0.15) is 5.82 Å². The number of amides is 1. The van der Waals surface area contributed by atoms with Gasteiger partial charge in [-0.25, -0.2) is 12.8 Å². The Labute approximate surface area is 168 Å². The van der Waals surface area contributed by atoms with Crippen LogP contribution in [0.3, 0.4) is 0 Å². The van der Waals surface area contributed by atoms with Crippen LogP contribution in [0.25, 0.3) is 0 Å². The molecule has 0 spiro atoms. The molecular formula is C21H20FN3O3S. The van der Waals surface area contributed by atoms with Gasteiger partial charge in [-0.1, -0.05) is 24.3 Å². The molecule has 0 fully saturated rings. The number of halogens is 1. The third kappa shape index (κ3) is 5.17. The van der Waals surface area contributed by atoms with E-state index in [1.165, 1.54) is 30.3 Å². The zero-order chi connectivity index (χ0) is 20.9. The molecular weight excluding hydrogens is 393 g/mol. The number of benzene rings is 2. The molecule has 1 amide bonds. The fourth-order valence-corrected chi connectivity index (χ4v) is 3.80.